The fourth-order valence-corrected chi connectivity index (χ4v) is 11.1. The molecule has 0 saturated heterocycles. The molecule has 0 amide bonds. The van der Waals surface area contributed by atoms with E-state index in [-0.39, 0.29) is 17.9 Å². The Morgan fingerprint density at radius 1 is 0.329 bits per heavy atom. The minimum atomic E-state index is -0.633. The summed E-state index contributed by atoms with van der Waals surface area (Å²) in [5.41, 5.74) is 0. The SMILES string of the molecule is CCCCCCCCCCCCCCCOC(=O)/C=C/CNCC(O)CN(CCCCCCCCCCCCCC)CCCCN(CCCCCCCCCCCCCC)CC(O)CN(C/C=C/C(=O)OCCC)C/C=C/C(=O)OCCCCC. The Morgan fingerprint density at radius 3 is 0.965 bits per heavy atom. The number of hydrogen-bond donors (Lipinski definition) is 3. The number of hydrogen-bond acceptors (Lipinski definition) is 12. The first-order valence-electron chi connectivity index (χ1n) is 36.4. The number of nitrogens with zero attached hydrogens (tertiary/aromatic N) is 3. The van der Waals surface area contributed by atoms with Crippen LogP contribution in [0.2, 0.25) is 0 Å². The number of carbonyl (C=O) groups excluding carboxylic acids is 3. The molecule has 500 valence electrons. The maximum absolute atomic E-state index is 12.5. The lowest BCUT2D eigenvalue weighted by atomic mass is 10.0. The molecule has 0 aromatic carbocycles. The Kier molecular flexibility index (Phi) is 65.3. The van der Waals surface area contributed by atoms with Gasteiger partial charge >= 0.3 is 17.9 Å². The zero-order valence-corrected chi connectivity index (χ0v) is 56.6. The summed E-state index contributed by atoms with van der Waals surface area (Å²) in [7, 11) is 0. The normalized spacial score (nSPS) is 12.8. The highest BCUT2D eigenvalue weighted by molar-refractivity contribution is 5.82. The Balaban J connectivity index is 5.54. The van der Waals surface area contributed by atoms with E-state index in [2.05, 4.69) is 47.7 Å². The molecule has 0 aromatic heterocycles. The van der Waals surface area contributed by atoms with E-state index in [1.54, 1.807) is 18.2 Å². The monoisotopic (exact) mass is 1200 g/mol. The highest BCUT2D eigenvalue weighted by Gasteiger charge is 2.17. The van der Waals surface area contributed by atoms with E-state index >= 15 is 0 Å². The van der Waals surface area contributed by atoms with Gasteiger partial charge in [-0.05, 0) is 71.1 Å². The molecule has 0 aliphatic rings. The fourth-order valence-electron chi connectivity index (χ4n) is 11.1. The minimum Gasteiger partial charge on any atom is -0.463 e. The molecule has 0 heterocycles. The maximum Gasteiger partial charge on any atom is 0.330 e. The molecule has 0 radical (unpaired) electrons. The molecule has 0 saturated carbocycles. The van der Waals surface area contributed by atoms with Crippen LogP contribution in [-0.4, -0.2) is 147 Å². The summed E-state index contributed by atoms with van der Waals surface area (Å²) in [5, 5.41) is 26.4. The highest BCUT2D eigenvalue weighted by Crippen LogP contribution is 2.16. The van der Waals surface area contributed by atoms with E-state index in [0.717, 1.165) is 90.4 Å². The molecule has 12 heteroatoms. The molecule has 0 bridgehead atoms. The van der Waals surface area contributed by atoms with Crippen molar-refractivity contribution < 1.29 is 38.8 Å². The molecule has 2 atom stereocenters. The Morgan fingerprint density at radius 2 is 0.600 bits per heavy atom. The van der Waals surface area contributed by atoms with Gasteiger partial charge in [0.1, 0.15) is 0 Å². The van der Waals surface area contributed by atoms with Gasteiger partial charge in [0.25, 0.3) is 0 Å². The van der Waals surface area contributed by atoms with Crippen LogP contribution >= 0.6 is 0 Å². The Bertz CT molecular complexity index is 1510. The topological polar surface area (TPSA) is 141 Å². The highest BCUT2D eigenvalue weighted by atomic mass is 16.5. The summed E-state index contributed by atoms with van der Waals surface area (Å²) in [6, 6.07) is 0. The van der Waals surface area contributed by atoms with E-state index < -0.39 is 12.2 Å². The van der Waals surface area contributed by atoms with Crippen LogP contribution in [0.5, 0.6) is 0 Å². The number of ether oxygens (including phenoxy) is 3. The van der Waals surface area contributed by atoms with Gasteiger partial charge in [0.15, 0.2) is 0 Å². The molecule has 0 aliphatic heterocycles. The van der Waals surface area contributed by atoms with E-state index in [1.165, 1.54) is 230 Å². The van der Waals surface area contributed by atoms with E-state index in [0.29, 0.717) is 65.6 Å². The van der Waals surface area contributed by atoms with Crippen LogP contribution < -0.4 is 5.32 Å². The average molecular weight is 1200 g/mol. The van der Waals surface area contributed by atoms with Crippen molar-refractivity contribution in [1.82, 2.24) is 20.0 Å². The van der Waals surface area contributed by atoms with Crippen molar-refractivity contribution in [2.75, 3.05) is 91.8 Å². The maximum atomic E-state index is 12.5. The Labute approximate surface area is 525 Å². The molecule has 85 heavy (non-hydrogen) atoms. The molecule has 12 nitrogen and oxygen atoms in total. The molecule has 0 aliphatic carbocycles. The first kappa shape index (κ1) is 82.4. The lowest BCUT2D eigenvalue weighted by Crippen LogP contribution is -2.41. The number of carbonyl (C=O) groups is 3. The molecule has 0 rings (SSSR count). The second-order valence-electron chi connectivity index (χ2n) is 24.9. The summed E-state index contributed by atoms with van der Waals surface area (Å²) in [5.74, 6) is -1.03. The van der Waals surface area contributed by atoms with Gasteiger partial charge in [-0.15, -0.1) is 0 Å². The van der Waals surface area contributed by atoms with Crippen LogP contribution in [0.1, 0.15) is 311 Å². The number of unbranched alkanes of at least 4 members (excludes halogenated alkanes) is 37. The summed E-state index contributed by atoms with van der Waals surface area (Å²) < 4.78 is 16.1. The largest absolute Gasteiger partial charge is 0.463 e. The third-order valence-corrected chi connectivity index (χ3v) is 16.3. The number of rotatable bonds is 68. The van der Waals surface area contributed by atoms with E-state index in [4.69, 9.17) is 14.2 Å². The number of aliphatic hydroxyl groups excluding tert-OH is 2. The van der Waals surface area contributed by atoms with Crippen LogP contribution in [0.15, 0.2) is 36.5 Å². The predicted molar refractivity (Wildman–Crippen MR) is 361 cm³/mol. The molecular weight excluding hydrogens is 1060 g/mol. The smallest absolute Gasteiger partial charge is 0.330 e. The molecular formula is C73H140N4O8. The predicted octanol–water partition coefficient (Wildman–Crippen LogP) is 17.4. The number of aliphatic hydroxyl groups is 2. The second-order valence-corrected chi connectivity index (χ2v) is 24.9. The average Bonchev–Trinajstić information content (AvgIpc) is 3.50. The van der Waals surface area contributed by atoms with Crippen LogP contribution in [0.25, 0.3) is 0 Å². The van der Waals surface area contributed by atoms with Gasteiger partial charge in [0.05, 0.1) is 32.0 Å². The standard InChI is InChI=1S/C73H140N4O8/c1-6-11-15-18-21-24-27-30-33-36-39-42-48-64-85-71(80)52-49-55-74-65-69(78)66-75(56-43-40-37-34-31-28-25-22-19-16-12-7-2)58-45-46-59-76(57-44-41-38-35-32-29-26-23-20-17-13-8-3)67-70(79)68-77(60-50-53-72(81)83-62-10-5)61-51-54-73(82)84-63-47-14-9-4/h49-54,69-70,74,78-79H,6-48,55-68H2,1-5H3/b52-49+,53-50+,54-51+. The van der Waals surface area contributed by atoms with Crippen molar-refractivity contribution in [2.45, 2.75) is 323 Å². The first-order chi connectivity index (χ1) is 41.7. The lowest BCUT2D eigenvalue weighted by Gasteiger charge is -2.29. The van der Waals surface area contributed by atoms with Gasteiger partial charge in [-0.3, -0.25) is 4.90 Å². The van der Waals surface area contributed by atoms with Gasteiger partial charge < -0.3 is 39.5 Å². The molecule has 2 unspecified atom stereocenters. The van der Waals surface area contributed by atoms with Gasteiger partial charge in [0, 0.05) is 64.0 Å². The number of nitrogens with one attached hydrogen (secondary N) is 1. The van der Waals surface area contributed by atoms with E-state index in [1.807, 2.05) is 6.92 Å². The summed E-state index contributed by atoms with van der Waals surface area (Å²) in [6.07, 6.45) is 62.4. The van der Waals surface area contributed by atoms with Crippen LogP contribution in [0.3, 0.4) is 0 Å². The van der Waals surface area contributed by atoms with Crippen molar-refractivity contribution in [3.63, 3.8) is 0 Å². The van der Waals surface area contributed by atoms with Crippen molar-refractivity contribution in [2.24, 2.45) is 0 Å². The zero-order chi connectivity index (χ0) is 62.0. The summed E-state index contributed by atoms with van der Waals surface area (Å²) in [4.78, 5) is 44.1. The first-order valence-corrected chi connectivity index (χ1v) is 36.4. The van der Waals surface area contributed by atoms with Gasteiger partial charge in [0.2, 0.25) is 0 Å². The van der Waals surface area contributed by atoms with Gasteiger partial charge in [-0.25, -0.2) is 14.4 Å². The van der Waals surface area contributed by atoms with Crippen molar-refractivity contribution >= 4 is 17.9 Å². The van der Waals surface area contributed by atoms with Crippen LogP contribution in [0, 0.1) is 0 Å². The lowest BCUT2D eigenvalue weighted by molar-refractivity contribution is -0.138. The zero-order valence-electron chi connectivity index (χ0n) is 56.6. The van der Waals surface area contributed by atoms with Crippen LogP contribution in [0.4, 0.5) is 0 Å². The molecule has 0 fully saturated rings. The second kappa shape index (κ2) is 67.3. The van der Waals surface area contributed by atoms with E-state index in [9.17, 15) is 24.6 Å². The third-order valence-electron chi connectivity index (χ3n) is 16.3. The summed E-state index contributed by atoms with van der Waals surface area (Å²) >= 11 is 0. The van der Waals surface area contributed by atoms with Crippen molar-refractivity contribution in [3.8, 4) is 0 Å². The van der Waals surface area contributed by atoms with Crippen molar-refractivity contribution in [1.29, 1.82) is 0 Å². The molecule has 3 N–H and O–H groups in total. The summed E-state index contributed by atoms with van der Waals surface area (Å²) in [6.45, 7) is 19.2. The van der Waals surface area contributed by atoms with Gasteiger partial charge in [-0.2, -0.15) is 0 Å². The third kappa shape index (κ3) is 62.8. The minimum absolute atomic E-state index is 0.296. The van der Waals surface area contributed by atoms with Crippen LogP contribution in [-0.2, 0) is 28.6 Å². The quantitative estimate of drug-likeness (QED) is 0.0231. The Hall–Kier alpha value is -2.61. The van der Waals surface area contributed by atoms with Crippen molar-refractivity contribution in [3.05, 3.63) is 36.5 Å². The molecule has 0 spiro atoms. The fraction of sp³-hybridized carbons (Fsp3) is 0.877. The number of esters is 3. The van der Waals surface area contributed by atoms with Gasteiger partial charge in [-0.1, -0.05) is 284 Å². The molecule has 0 aromatic rings.